The SMILES string of the molecule is CCOC(=O)C(C)(Cl)/N=N/c1ccc(Cl)cc1. The predicted octanol–water partition coefficient (Wildman–Crippen LogP) is 3.94. The fourth-order valence-corrected chi connectivity index (χ4v) is 1.18. The summed E-state index contributed by atoms with van der Waals surface area (Å²) < 4.78 is 4.77. The van der Waals surface area contributed by atoms with Crippen molar-refractivity contribution in [1.29, 1.82) is 0 Å². The van der Waals surface area contributed by atoms with Crippen LogP contribution in [0.1, 0.15) is 13.8 Å². The molecular weight excluding hydrogens is 263 g/mol. The molecule has 0 saturated carbocycles. The second-order valence-electron chi connectivity index (χ2n) is 3.35. The molecule has 17 heavy (non-hydrogen) atoms. The van der Waals surface area contributed by atoms with Gasteiger partial charge in [-0.3, -0.25) is 0 Å². The quantitative estimate of drug-likeness (QED) is 0.361. The minimum Gasteiger partial charge on any atom is -0.463 e. The maximum absolute atomic E-state index is 11.4. The molecule has 0 aromatic heterocycles. The van der Waals surface area contributed by atoms with Gasteiger partial charge in [0.25, 0.3) is 0 Å². The van der Waals surface area contributed by atoms with Gasteiger partial charge in [-0.2, -0.15) is 10.2 Å². The summed E-state index contributed by atoms with van der Waals surface area (Å²) >= 11 is 11.6. The van der Waals surface area contributed by atoms with E-state index in [1.165, 1.54) is 6.92 Å². The van der Waals surface area contributed by atoms with Gasteiger partial charge in [0, 0.05) is 5.02 Å². The van der Waals surface area contributed by atoms with Gasteiger partial charge in [-0.15, -0.1) is 0 Å². The molecule has 0 amide bonds. The largest absolute Gasteiger partial charge is 0.463 e. The topological polar surface area (TPSA) is 51.0 Å². The number of hydrogen-bond donors (Lipinski definition) is 0. The maximum Gasteiger partial charge on any atom is 0.351 e. The van der Waals surface area contributed by atoms with Gasteiger partial charge >= 0.3 is 5.97 Å². The summed E-state index contributed by atoms with van der Waals surface area (Å²) in [6.07, 6.45) is 0. The lowest BCUT2D eigenvalue weighted by atomic mass is 10.3. The van der Waals surface area contributed by atoms with Crippen LogP contribution in [0.4, 0.5) is 5.69 Å². The molecule has 6 heteroatoms. The van der Waals surface area contributed by atoms with E-state index in [-0.39, 0.29) is 6.61 Å². The molecule has 0 N–H and O–H groups in total. The van der Waals surface area contributed by atoms with Crippen LogP contribution < -0.4 is 0 Å². The van der Waals surface area contributed by atoms with Gasteiger partial charge in [0.1, 0.15) is 0 Å². The first-order chi connectivity index (χ1) is 7.95. The highest BCUT2D eigenvalue weighted by molar-refractivity contribution is 6.33. The number of nitrogens with zero attached hydrogens (tertiary/aromatic N) is 2. The second-order valence-corrected chi connectivity index (χ2v) is 4.52. The monoisotopic (exact) mass is 274 g/mol. The van der Waals surface area contributed by atoms with Crippen LogP contribution in [0.2, 0.25) is 5.02 Å². The Balaban J connectivity index is 2.75. The van der Waals surface area contributed by atoms with Gasteiger partial charge in [0.15, 0.2) is 0 Å². The van der Waals surface area contributed by atoms with E-state index in [2.05, 4.69) is 10.2 Å². The van der Waals surface area contributed by atoms with Crippen molar-refractivity contribution in [1.82, 2.24) is 0 Å². The van der Waals surface area contributed by atoms with E-state index in [1.807, 2.05) is 0 Å². The van der Waals surface area contributed by atoms with Crippen LogP contribution in [0.5, 0.6) is 0 Å². The number of esters is 1. The summed E-state index contributed by atoms with van der Waals surface area (Å²) in [5.74, 6) is -0.626. The van der Waals surface area contributed by atoms with Crippen LogP contribution in [0.25, 0.3) is 0 Å². The van der Waals surface area contributed by atoms with E-state index in [0.717, 1.165) is 0 Å². The molecule has 0 heterocycles. The van der Waals surface area contributed by atoms with E-state index >= 15 is 0 Å². The first-order valence-electron chi connectivity index (χ1n) is 5.00. The molecule has 1 atom stereocenters. The van der Waals surface area contributed by atoms with Crippen molar-refractivity contribution in [3.8, 4) is 0 Å². The Kier molecular flexibility index (Phi) is 4.90. The number of halogens is 2. The molecule has 0 radical (unpaired) electrons. The first kappa shape index (κ1) is 13.9. The highest BCUT2D eigenvalue weighted by atomic mass is 35.5. The summed E-state index contributed by atoms with van der Waals surface area (Å²) in [5.41, 5.74) is 0.561. The Hall–Kier alpha value is -1.13. The smallest absolute Gasteiger partial charge is 0.351 e. The van der Waals surface area contributed by atoms with Crippen LogP contribution in [0.3, 0.4) is 0 Å². The third-order valence-corrected chi connectivity index (χ3v) is 2.31. The molecule has 0 aliphatic rings. The summed E-state index contributed by atoms with van der Waals surface area (Å²) in [6.45, 7) is 3.37. The van der Waals surface area contributed by atoms with Gasteiger partial charge in [-0.05, 0) is 38.1 Å². The molecule has 0 spiro atoms. The Morgan fingerprint density at radius 3 is 2.53 bits per heavy atom. The fourth-order valence-electron chi connectivity index (χ4n) is 0.963. The number of benzene rings is 1. The van der Waals surface area contributed by atoms with E-state index in [0.29, 0.717) is 10.7 Å². The molecule has 4 nitrogen and oxygen atoms in total. The molecular formula is C11H12Cl2N2O2. The van der Waals surface area contributed by atoms with E-state index in [1.54, 1.807) is 31.2 Å². The Morgan fingerprint density at radius 2 is 2.00 bits per heavy atom. The molecule has 0 bridgehead atoms. The zero-order valence-corrected chi connectivity index (χ0v) is 11.0. The Morgan fingerprint density at radius 1 is 1.41 bits per heavy atom. The molecule has 0 aliphatic heterocycles. The number of ether oxygens (including phenoxy) is 1. The van der Waals surface area contributed by atoms with Gasteiger partial charge in [-0.1, -0.05) is 23.2 Å². The van der Waals surface area contributed by atoms with Crippen molar-refractivity contribution in [2.75, 3.05) is 6.61 Å². The molecule has 1 aromatic rings. The van der Waals surface area contributed by atoms with E-state index < -0.39 is 11.0 Å². The summed E-state index contributed by atoms with van der Waals surface area (Å²) in [5, 5.41) is 8.20. The first-order valence-corrected chi connectivity index (χ1v) is 5.76. The van der Waals surface area contributed by atoms with Crippen LogP contribution >= 0.6 is 23.2 Å². The van der Waals surface area contributed by atoms with Gasteiger partial charge < -0.3 is 4.74 Å². The number of alkyl halides is 1. The van der Waals surface area contributed by atoms with Crippen LogP contribution in [-0.2, 0) is 9.53 Å². The fraction of sp³-hybridized carbons (Fsp3) is 0.364. The van der Waals surface area contributed by atoms with E-state index in [4.69, 9.17) is 27.9 Å². The van der Waals surface area contributed by atoms with Crippen molar-refractivity contribution in [3.05, 3.63) is 29.3 Å². The minimum absolute atomic E-state index is 0.248. The lowest BCUT2D eigenvalue weighted by Crippen LogP contribution is -2.28. The Bertz CT molecular complexity index is 416. The summed E-state index contributed by atoms with van der Waals surface area (Å²) in [4.78, 5) is 9.91. The molecule has 1 unspecified atom stereocenters. The third kappa shape index (κ3) is 4.32. The minimum atomic E-state index is -1.50. The number of hydrogen-bond acceptors (Lipinski definition) is 4. The molecule has 0 aliphatic carbocycles. The normalized spacial score (nSPS) is 14.6. The van der Waals surface area contributed by atoms with Crippen LogP contribution in [0, 0.1) is 0 Å². The number of carbonyl (C=O) groups is 1. The third-order valence-electron chi connectivity index (χ3n) is 1.83. The van der Waals surface area contributed by atoms with Crippen molar-refractivity contribution in [3.63, 3.8) is 0 Å². The molecule has 1 rings (SSSR count). The van der Waals surface area contributed by atoms with Crippen LogP contribution in [-0.4, -0.2) is 17.6 Å². The summed E-state index contributed by atoms with van der Waals surface area (Å²) in [6, 6.07) is 6.69. The van der Waals surface area contributed by atoms with Crippen molar-refractivity contribution in [2.45, 2.75) is 18.8 Å². The predicted molar refractivity (Wildman–Crippen MR) is 66.9 cm³/mol. The summed E-state index contributed by atoms with van der Waals surface area (Å²) in [7, 11) is 0. The van der Waals surface area contributed by atoms with Crippen molar-refractivity contribution < 1.29 is 9.53 Å². The van der Waals surface area contributed by atoms with Crippen molar-refractivity contribution >= 4 is 34.9 Å². The molecule has 92 valence electrons. The number of rotatable bonds is 4. The standard InChI is InChI=1S/C11H12Cl2N2O2/c1-3-17-10(16)11(2,13)15-14-9-6-4-8(12)5-7-9/h4-7H,3H2,1-2H3/b15-14+. The van der Waals surface area contributed by atoms with Crippen molar-refractivity contribution in [2.24, 2.45) is 10.2 Å². The highest BCUT2D eigenvalue weighted by Crippen LogP contribution is 2.23. The highest BCUT2D eigenvalue weighted by Gasteiger charge is 2.32. The molecule has 1 aromatic carbocycles. The van der Waals surface area contributed by atoms with E-state index in [9.17, 15) is 4.79 Å². The molecule has 0 fully saturated rings. The van der Waals surface area contributed by atoms with Gasteiger partial charge in [0.2, 0.25) is 5.00 Å². The average Bonchev–Trinajstić information content (AvgIpc) is 2.29. The Labute approximate surface area is 110 Å². The lowest BCUT2D eigenvalue weighted by Gasteiger charge is -2.12. The van der Waals surface area contributed by atoms with Gasteiger partial charge in [0.05, 0.1) is 12.3 Å². The average molecular weight is 275 g/mol. The maximum atomic E-state index is 11.4. The molecule has 0 saturated heterocycles. The zero-order valence-electron chi connectivity index (χ0n) is 9.48. The number of carbonyl (C=O) groups excluding carboxylic acids is 1. The van der Waals surface area contributed by atoms with Gasteiger partial charge in [-0.25, -0.2) is 4.79 Å². The number of azo groups is 1. The lowest BCUT2D eigenvalue weighted by molar-refractivity contribution is -0.145. The van der Waals surface area contributed by atoms with Crippen LogP contribution in [0.15, 0.2) is 34.5 Å². The zero-order chi connectivity index (χ0) is 12.9. The second kappa shape index (κ2) is 5.98.